The number of carbonyl (C=O) groups is 1. The van der Waals surface area contributed by atoms with Crippen LogP contribution in [0.25, 0.3) is 0 Å². The van der Waals surface area contributed by atoms with Crippen molar-refractivity contribution in [1.82, 2.24) is 9.21 Å². The van der Waals surface area contributed by atoms with Gasteiger partial charge < -0.3 is 19.1 Å². The summed E-state index contributed by atoms with van der Waals surface area (Å²) in [6.07, 6.45) is 1.27. The summed E-state index contributed by atoms with van der Waals surface area (Å²) in [4.78, 5) is 14.6. The van der Waals surface area contributed by atoms with Crippen molar-refractivity contribution in [1.29, 1.82) is 0 Å². The third-order valence-corrected chi connectivity index (χ3v) is 7.52. The van der Waals surface area contributed by atoms with E-state index in [0.717, 1.165) is 17.7 Å². The molecule has 0 N–H and O–H groups in total. The van der Waals surface area contributed by atoms with Gasteiger partial charge in [-0.2, -0.15) is 4.31 Å². The lowest BCUT2D eigenvalue weighted by Crippen LogP contribution is -2.37. The van der Waals surface area contributed by atoms with Crippen molar-refractivity contribution in [2.24, 2.45) is 0 Å². The van der Waals surface area contributed by atoms with Crippen molar-refractivity contribution in [3.63, 3.8) is 0 Å². The Morgan fingerprint density at radius 2 is 1.58 bits per heavy atom. The molecular formula is C23H29FN2O6S. The van der Waals surface area contributed by atoms with Crippen molar-refractivity contribution < 1.29 is 31.8 Å². The van der Waals surface area contributed by atoms with Crippen LogP contribution in [0.3, 0.4) is 0 Å². The lowest BCUT2D eigenvalue weighted by Gasteiger charge is -2.22. The molecule has 10 heteroatoms. The van der Waals surface area contributed by atoms with E-state index in [1.165, 1.54) is 37.8 Å². The van der Waals surface area contributed by atoms with Gasteiger partial charge in [-0.25, -0.2) is 12.8 Å². The van der Waals surface area contributed by atoms with Crippen LogP contribution in [0, 0.1) is 5.82 Å². The van der Waals surface area contributed by atoms with Gasteiger partial charge in [-0.05, 0) is 54.8 Å². The lowest BCUT2D eigenvalue weighted by molar-refractivity contribution is -0.131. The summed E-state index contributed by atoms with van der Waals surface area (Å²) in [7, 11) is 0.865. The molecule has 1 saturated heterocycles. The molecular weight excluding hydrogens is 451 g/mol. The number of rotatable bonds is 8. The van der Waals surface area contributed by atoms with E-state index in [1.54, 1.807) is 4.90 Å². The summed E-state index contributed by atoms with van der Waals surface area (Å²) in [6.45, 7) is 1.27. The van der Waals surface area contributed by atoms with Gasteiger partial charge in [0.25, 0.3) is 0 Å². The maximum Gasteiger partial charge on any atom is 0.243 e. The number of aryl methyl sites for hydroxylation is 1. The molecule has 0 radical (unpaired) electrons. The second-order valence-electron chi connectivity index (χ2n) is 7.63. The highest BCUT2D eigenvalue weighted by atomic mass is 32.2. The lowest BCUT2D eigenvalue weighted by atomic mass is 10.1. The maximum atomic E-state index is 13.2. The van der Waals surface area contributed by atoms with Gasteiger partial charge in [-0.15, -0.1) is 0 Å². The fraction of sp³-hybridized carbons (Fsp3) is 0.435. The molecule has 8 nitrogen and oxygen atoms in total. The fourth-order valence-corrected chi connectivity index (χ4v) is 5.30. The molecule has 0 aliphatic carbocycles. The predicted octanol–water partition coefficient (Wildman–Crippen LogP) is 2.71. The highest BCUT2D eigenvalue weighted by Gasteiger charge is 2.28. The zero-order chi connectivity index (χ0) is 24.0. The van der Waals surface area contributed by atoms with E-state index in [4.69, 9.17) is 14.2 Å². The fourth-order valence-electron chi connectivity index (χ4n) is 3.83. The van der Waals surface area contributed by atoms with Crippen molar-refractivity contribution in [3.8, 4) is 17.2 Å². The second kappa shape index (κ2) is 10.8. The molecule has 1 amide bonds. The first kappa shape index (κ1) is 24.8. The number of halogens is 1. The molecule has 33 heavy (non-hydrogen) atoms. The summed E-state index contributed by atoms with van der Waals surface area (Å²) < 4.78 is 56.3. The molecule has 2 aromatic carbocycles. The maximum absolute atomic E-state index is 13.2. The molecule has 0 aromatic heterocycles. The minimum Gasteiger partial charge on any atom is -0.493 e. The van der Waals surface area contributed by atoms with E-state index in [-0.39, 0.29) is 23.8 Å². The van der Waals surface area contributed by atoms with Gasteiger partial charge in [0.2, 0.25) is 21.7 Å². The Labute approximate surface area is 193 Å². The quantitative estimate of drug-likeness (QED) is 0.578. The highest BCUT2D eigenvalue weighted by molar-refractivity contribution is 7.89. The van der Waals surface area contributed by atoms with Gasteiger partial charge in [-0.3, -0.25) is 4.79 Å². The standard InChI is InChI=1S/C23H29FN2O6S/c1-30-20-15-17(16-21(31-2)23(20)32-3)5-10-22(27)25-11-4-12-26(14-13-25)33(28,29)19-8-6-18(24)7-9-19/h6-9,15-16H,4-5,10-14H2,1-3H3. The van der Waals surface area contributed by atoms with Crippen LogP contribution in [0.15, 0.2) is 41.3 Å². The SMILES string of the molecule is COc1cc(CCC(=O)N2CCCN(S(=O)(=O)c3ccc(F)cc3)CC2)cc(OC)c1OC. The average Bonchev–Trinajstić information content (AvgIpc) is 3.09. The zero-order valence-corrected chi connectivity index (χ0v) is 19.9. The van der Waals surface area contributed by atoms with Crippen LogP contribution in [0.2, 0.25) is 0 Å². The first-order valence-corrected chi connectivity index (χ1v) is 12.1. The van der Waals surface area contributed by atoms with Gasteiger partial charge >= 0.3 is 0 Å². The highest BCUT2D eigenvalue weighted by Crippen LogP contribution is 2.38. The Bertz CT molecular complexity index is 1050. The van der Waals surface area contributed by atoms with Crippen LogP contribution in [-0.4, -0.2) is 71.0 Å². The molecule has 0 saturated carbocycles. The Kier molecular flexibility index (Phi) is 8.15. The van der Waals surface area contributed by atoms with Crippen molar-refractivity contribution in [2.75, 3.05) is 47.5 Å². The Balaban J connectivity index is 1.63. The van der Waals surface area contributed by atoms with Gasteiger partial charge in [0.1, 0.15) is 5.82 Å². The number of hydrogen-bond donors (Lipinski definition) is 0. The van der Waals surface area contributed by atoms with Crippen LogP contribution >= 0.6 is 0 Å². The van der Waals surface area contributed by atoms with E-state index in [1.807, 2.05) is 12.1 Å². The second-order valence-corrected chi connectivity index (χ2v) is 9.56. The van der Waals surface area contributed by atoms with Gasteiger partial charge in [0.15, 0.2) is 11.5 Å². The zero-order valence-electron chi connectivity index (χ0n) is 19.0. The van der Waals surface area contributed by atoms with Crippen LogP contribution in [0.5, 0.6) is 17.2 Å². The Morgan fingerprint density at radius 3 is 2.15 bits per heavy atom. The summed E-state index contributed by atoms with van der Waals surface area (Å²) in [5.74, 6) is 0.995. The molecule has 0 spiro atoms. The van der Waals surface area contributed by atoms with E-state index >= 15 is 0 Å². The molecule has 1 heterocycles. The number of carbonyl (C=O) groups excluding carboxylic acids is 1. The smallest absolute Gasteiger partial charge is 0.243 e. The molecule has 180 valence electrons. The summed E-state index contributed by atoms with van der Waals surface area (Å²) in [6, 6.07) is 8.40. The van der Waals surface area contributed by atoms with E-state index in [2.05, 4.69) is 0 Å². The predicted molar refractivity (Wildman–Crippen MR) is 121 cm³/mol. The largest absolute Gasteiger partial charge is 0.493 e. The summed E-state index contributed by atoms with van der Waals surface area (Å²) in [5, 5.41) is 0. The van der Waals surface area contributed by atoms with Crippen molar-refractivity contribution >= 4 is 15.9 Å². The number of benzene rings is 2. The van der Waals surface area contributed by atoms with Crippen molar-refractivity contribution in [2.45, 2.75) is 24.2 Å². The van der Waals surface area contributed by atoms with E-state index < -0.39 is 15.8 Å². The number of hydrogen-bond acceptors (Lipinski definition) is 6. The summed E-state index contributed by atoms with van der Waals surface area (Å²) >= 11 is 0. The molecule has 1 aliphatic heterocycles. The number of nitrogens with zero attached hydrogens (tertiary/aromatic N) is 2. The molecule has 1 aliphatic rings. The normalized spacial score (nSPS) is 15.1. The van der Waals surface area contributed by atoms with Gasteiger partial charge in [0.05, 0.1) is 26.2 Å². The molecule has 0 unspecified atom stereocenters. The first-order chi connectivity index (χ1) is 15.8. The van der Waals surface area contributed by atoms with E-state index in [0.29, 0.717) is 49.7 Å². The Hall–Kier alpha value is -2.85. The summed E-state index contributed by atoms with van der Waals surface area (Å²) in [5.41, 5.74) is 0.869. The molecule has 0 atom stereocenters. The van der Waals surface area contributed by atoms with Crippen molar-refractivity contribution in [3.05, 3.63) is 47.8 Å². The first-order valence-electron chi connectivity index (χ1n) is 10.6. The number of amides is 1. The monoisotopic (exact) mass is 480 g/mol. The third kappa shape index (κ3) is 5.75. The minimum absolute atomic E-state index is 0.0473. The molecule has 2 aromatic rings. The Morgan fingerprint density at radius 1 is 0.939 bits per heavy atom. The van der Waals surface area contributed by atoms with Crippen LogP contribution < -0.4 is 14.2 Å². The topological polar surface area (TPSA) is 85.4 Å². The van der Waals surface area contributed by atoms with Crippen LogP contribution in [0.4, 0.5) is 4.39 Å². The van der Waals surface area contributed by atoms with Crippen LogP contribution in [-0.2, 0) is 21.2 Å². The third-order valence-electron chi connectivity index (χ3n) is 5.61. The van der Waals surface area contributed by atoms with E-state index in [9.17, 15) is 17.6 Å². The van der Waals surface area contributed by atoms with Gasteiger partial charge in [-0.1, -0.05) is 0 Å². The number of sulfonamides is 1. The average molecular weight is 481 g/mol. The number of methoxy groups -OCH3 is 3. The molecule has 0 bridgehead atoms. The molecule has 1 fully saturated rings. The number of ether oxygens (including phenoxy) is 3. The molecule has 3 rings (SSSR count). The van der Waals surface area contributed by atoms with Crippen LogP contribution in [0.1, 0.15) is 18.4 Å². The van der Waals surface area contributed by atoms with Gasteiger partial charge in [0, 0.05) is 32.6 Å². The minimum atomic E-state index is -3.74.